The smallest absolute Gasteiger partial charge is 0.274 e. The monoisotopic (exact) mass is 336 g/mol. The average Bonchev–Trinajstić information content (AvgIpc) is 2.67. The van der Waals surface area contributed by atoms with Crippen LogP contribution in [-0.4, -0.2) is 40.6 Å². The van der Waals surface area contributed by atoms with Gasteiger partial charge in [-0.25, -0.2) is 0 Å². The minimum atomic E-state index is 0.00888. The standard InChI is InChI=1S/C20H24N4O/c1-15-5-4-11-24(13-15)20(25)18-8-9-19(22-21-18)23-12-10-16-6-2-3-7-17(16)14-23/h2-3,6-9,15H,4-5,10-14H2,1H3. The van der Waals surface area contributed by atoms with Crippen LogP contribution in [-0.2, 0) is 13.0 Å². The molecule has 1 saturated heterocycles. The summed E-state index contributed by atoms with van der Waals surface area (Å²) >= 11 is 0. The molecule has 0 aliphatic carbocycles. The molecule has 5 heteroatoms. The van der Waals surface area contributed by atoms with E-state index in [-0.39, 0.29) is 5.91 Å². The van der Waals surface area contributed by atoms with Crippen molar-refractivity contribution in [2.45, 2.75) is 32.7 Å². The van der Waals surface area contributed by atoms with Crippen LogP contribution in [0.1, 0.15) is 41.4 Å². The third-order valence-electron chi connectivity index (χ3n) is 5.27. The molecule has 0 N–H and O–H groups in total. The first-order valence-corrected chi connectivity index (χ1v) is 9.15. The molecule has 1 unspecified atom stereocenters. The van der Waals surface area contributed by atoms with Gasteiger partial charge < -0.3 is 9.80 Å². The second kappa shape index (κ2) is 6.82. The van der Waals surface area contributed by atoms with Gasteiger partial charge in [-0.2, -0.15) is 0 Å². The molecule has 3 heterocycles. The maximum atomic E-state index is 12.6. The number of hydrogen-bond donors (Lipinski definition) is 0. The second-order valence-corrected chi connectivity index (χ2v) is 7.22. The van der Waals surface area contributed by atoms with E-state index in [1.54, 1.807) is 0 Å². The lowest BCUT2D eigenvalue weighted by atomic mass is 10.00. The molecule has 0 bridgehead atoms. The third-order valence-corrected chi connectivity index (χ3v) is 5.27. The molecular formula is C20H24N4O. The highest BCUT2D eigenvalue weighted by Crippen LogP contribution is 2.23. The number of nitrogens with zero attached hydrogens (tertiary/aromatic N) is 4. The summed E-state index contributed by atoms with van der Waals surface area (Å²) in [6, 6.07) is 12.3. The molecule has 2 aliphatic heterocycles. The van der Waals surface area contributed by atoms with Crippen LogP contribution >= 0.6 is 0 Å². The lowest BCUT2D eigenvalue weighted by Crippen LogP contribution is -2.39. The Morgan fingerprint density at radius 2 is 1.92 bits per heavy atom. The van der Waals surface area contributed by atoms with E-state index in [0.717, 1.165) is 44.8 Å². The van der Waals surface area contributed by atoms with Crippen molar-refractivity contribution in [3.8, 4) is 0 Å². The van der Waals surface area contributed by atoms with Crippen molar-refractivity contribution in [1.29, 1.82) is 0 Å². The first-order valence-electron chi connectivity index (χ1n) is 9.15. The van der Waals surface area contributed by atoms with E-state index < -0.39 is 0 Å². The highest BCUT2D eigenvalue weighted by atomic mass is 16.2. The normalized spacial score (nSPS) is 20.3. The van der Waals surface area contributed by atoms with Gasteiger partial charge in [-0.3, -0.25) is 4.79 Å². The van der Waals surface area contributed by atoms with Crippen LogP contribution in [0.2, 0.25) is 0 Å². The van der Waals surface area contributed by atoms with Gasteiger partial charge in [0.2, 0.25) is 0 Å². The number of hydrogen-bond acceptors (Lipinski definition) is 4. The Kier molecular flexibility index (Phi) is 4.38. The fraction of sp³-hybridized carbons (Fsp3) is 0.450. The van der Waals surface area contributed by atoms with E-state index in [2.05, 4.69) is 46.3 Å². The summed E-state index contributed by atoms with van der Waals surface area (Å²) in [5.74, 6) is 1.42. The number of benzene rings is 1. The number of carbonyl (C=O) groups excluding carboxylic acids is 1. The zero-order chi connectivity index (χ0) is 17.2. The van der Waals surface area contributed by atoms with Gasteiger partial charge in [-0.15, -0.1) is 10.2 Å². The molecule has 4 rings (SSSR count). The van der Waals surface area contributed by atoms with Crippen LogP contribution in [0.15, 0.2) is 36.4 Å². The Balaban J connectivity index is 1.46. The fourth-order valence-corrected chi connectivity index (χ4v) is 3.84. The van der Waals surface area contributed by atoms with Crippen LogP contribution in [0.4, 0.5) is 5.82 Å². The van der Waals surface area contributed by atoms with E-state index in [4.69, 9.17) is 0 Å². The summed E-state index contributed by atoms with van der Waals surface area (Å²) in [6.07, 6.45) is 3.29. The van der Waals surface area contributed by atoms with E-state index >= 15 is 0 Å². The van der Waals surface area contributed by atoms with Crippen LogP contribution in [0.3, 0.4) is 0 Å². The Hall–Kier alpha value is -2.43. The zero-order valence-corrected chi connectivity index (χ0v) is 14.7. The number of anilines is 1. The fourth-order valence-electron chi connectivity index (χ4n) is 3.84. The van der Waals surface area contributed by atoms with Crippen LogP contribution in [0.5, 0.6) is 0 Å². The summed E-state index contributed by atoms with van der Waals surface area (Å²) in [7, 11) is 0. The summed E-state index contributed by atoms with van der Waals surface area (Å²) in [4.78, 5) is 16.7. The Morgan fingerprint density at radius 1 is 1.08 bits per heavy atom. The third kappa shape index (κ3) is 3.36. The van der Waals surface area contributed by atoms with Gasteiger partial charge in [-0.1, -0.05) is 31.2 Å². The van der Waals surface area contributed by atoms with Crippen LogP contribution < -0.4 is 4.90 Å². The molecule has 1 amide bonds. The maximum Gasteiger partial charge on any atom is 0.274 e. The molecule has 2 aromatic rings. The minimum Gasteiger partial charge on any atom is -0.350 e. The van der Waals surface area contributed by atoms with E-state index in [9.17, 15) is 4.79 Å². The Labute approximate surface area is 148 Å². The van der Waals surface area contributed by atoms with Gasteiger partial charge in [0, 0.05) is 26.2 Å². The number of carbonyl (C=O) groups is 1. The van der Waals surface area contributed by atoms with Crippen molar-refractivity contribution >= 4 is 11.7 Å². The molecule has 0 saturated carbocycles. The lowest BCUT2D eigenvalue weighted by molar-refractivity contribution is 0.0676. The average molecular weight is 336 g/mol. The largest absolute Gasteiger partial charge is 0.350 e. The molecule has 130 valence electrons. The van der Waals surface area contributed by atoms with E-state index in [0.29, 0.717) is 11.6 Å². The Bertz CT molecular complexity index is 759. The van der Waals surface area contributed by atoms with Gasteiger partial charge in [0.25, 0.3) is 5.91 Å². The van der Waals surface area contributed by atoms with Gasteiger partial charge in [0.15, 0.2) is 11.5 Å². The maximum absolute atomic E-state index is 12.6. The van der Waals surface area contributed by atoms with E-state index in [1.807, 2.05) is 17.0 Å². The van der Waals surface area contributed by atoms with Crippen molar-refractivity contribution in [2.24, 2.45) is 5.92 Å². The molecule has 25 heavy (non-hydrogen) atoms. The quantitative estimate of drug-likeness (QED) is 0.846. The minimum absolute atomic E-state index is 0.00888. The summed E-state index contributed by atoms with van der Waals surface area (Å²) < 4.78 is 0. The van der Waals surface area contributed by atoms with Gasteiger partial charge in [-0.05, 0) is 48.4 Å². The first-order chi connectivity index (χ1) is 12.2. The molecule has 2 aliphatic rings. The number of fused-ring (bicyclic) bond motifs is 1. The number of aromatic nitrogens is 2. The molecule has 1 aromatic carbocycles. The van der Waals surface area contributed by atoms with Gasteiger partial charge >= 0.3 is 0 Å². The van der Waals surface area contributed by atoms with E-state index in [1.165, 1.54) is 17.5 Å². The topological polar surface area (TPSA) is 49.3 Å². The van der Waals surface area contributed by atoms with Gasteiger partial charge in [0.1, 0.15) is 0 Å². The molecule has 1 fully saturated rings. The predicted octanol–water partition coefficient (Wildman–Crippen LogP) is 2.91. The molecule has 0 radical (unpaired) electrons. The molecule has 1 atom stereocenters. The SMILES string of the molecule is CC1CCCN(C(=O)c2ccc(N3CCc4ccccc4C3)nn2)C1. The number of likely N-dealkylation sites (tertiary alicyclic amines) is 1. The van der Waals surface area contributed by atoms with Crippen molar-refractivity contribution in [1.82, 2.24) is 15.1 Å². The first kappa shape index (κ1) is 16.1. The number of rotatable bonds is 2. The van der Waals surface area contributed by atoms with Crippen molar-refractivity contribution in [3.63, 3.8) is 0 Å². The molecular weight excluding hydrogens is 312 g/mol. The second-order valence-electron chi connectivity index (χ2n) is 7.22. The molecule has 1 aromatic heterocycles. The summed E-state index contributed by atoms with van der Waals surface area (Å²) in [5.41, 5.74) is 3.21. The van der Waals surface area contributed by atoms with Gasteiger partial charge in [0.05, 0.1) is 0 Å². The predicted molar refractivity (Wildman–Crippen MR) is 97.5 cm³/mol. The lowest BCUT2D eigenvalue weighted by Gasteiger charge is -2.31. The summed E-state index contributed by atoms with van der Waals surface area (Å²) in [6.45, 7) is 5.63. The van der Waals surface area contributed by atoms with Crippen molar-refractivity contribution < 1.29 is 4.79 Å². The molecule has 5 nitrogen and oxygen atoms in total. The van der Waals surface area contributed by atoms with Crippen molar-refractivity contribution in [2.75, 3.05) is 24.5 Å². The highest BCUT2D eigenvalue weighted by molar-refractivity contribution is 5.92. The van der Waals surface area contributed by atoms with Crippen molar-refractivity contribution in [3.05, 3.63) is 53.2 Å². The number of amides is 1. The Morgan fingerprint density at radius 3 is 2.68 bits per heavy atom. The highest BCUT2D eigenvalue weighted by Gasteiger charge is 2.24. The zero-order valence-electron chi connectivity index (χ0n) is 14.7. The number of piperidine rings is 1. The van der Waals surface area contributed by atoms with Crippen LogP contribution in [0.25, 0.3) is 0 Å². The summed E-state index contributed by atoms with van der Waals surface area (Å²) in [5, 5.41) is 8.57. The van der Waals surface area contributed by atoms with Crippen LogP contribution in [0, 0.1) is 5.92 Å². The molecule has 0 spiro atoms.